The first kappa shape index (κ1) is 17.6. The number of carbonyl (C=O) groups excluding carboxylic acids is 1. The molecular formula is C19H17ClN2O2S. The van der Waals surface area contributed by atoms with Crippen molar-refractivity contribution < 1.29 is 9.53 Å². The smallest absolute Gasteiger partial charge is 0.278 e. The molecule has 128 valence electrons. The SMILES string of the molecule is COc1ccc(C(=O)n2nc(C)c(Sc3ccc(Cl)cc3)c2C)cc1. The number of aryl methyl sites for hydroxylation is 1. The number of aromatic nitrogens is 2. The summed E-state index contributed by atoms with van der Waals surface area (Å²) in [6, 6.07) is 14.6. The molecule has 0 aliphatic heterocycles. The van der Waals surface area contributed by atoms with E-state index in [2.05, 4.69) is 5.10 Å². The van der Waals surface area contributed by atoms with Crippen LogP contribution in [-0.4, -0.2) is 22.8 Å². The van der Waals surface area contributed by atoms with Gasteiger partial charge in [-0.25, -0.2) is 0 Å². The number of hydrogen-bond donors (Lipinski definition) is 0. The van der Waals surface area contributed by atoms with Crippen molar-refractivity contribution in [2.75, 3.05) is 7.11 Å². The first-order chi connectivity index (χ1) is 12.0. The molecule has 0 bridgehead atoms. The predicted molar refractivity (Wildman–Crippen MR) is 100.0 cm³/mol. The van der Waals surface area contributed by atoms with Crippen LogP contribution < -0.4 is 4.74 Å². The zero-order chi connectivity index (χ0) is 18.0. The molecule has 2 aromatic carbocycles. The van der Waals surface area contributed by atoms with E-state index >= 15 is 0 Å². The molecule has 0 radical (unpaired) electrons. The topological polar surface area (TPSA) is 44.1 Å². The number of halogens is 1. The fourth-order valence-corrected chi connectivity index (χ4v) is 3.51. The molecule has 0 aliphatic rings. The lowest BCUT2D eigenvalue weighted by Gasteiger charge is -2.06. The van der Waals surface area contributed by atoms with Gasteiger partial charge in [0.2, 0.25) is 0 Å². The van der Waals surface area contributed by atoms with Gasteiger partial charge in [0.1, 0.15) is 5.75 Å². The van der Waals surface area contributed by atoms with E-state index in [-0.39, 0.29) is 5.91 Å². The molecule has 6 heteroatoms. The molecule has 25 heavy (non-hydrogen) atoms. The number of ether oxygens (including phenoxy) is 1. The van der Waals surface area contributed by atoms with Crippen molar-refractivity contribution in [2.45, 2.75) is 23.6 Å². The third-order valence-electron chi connectivity index (χ3n) is 3.79. The van der Waals surface area contributed by atoms with Gasteiger partial charge in [-0.15, -0.1) is 0 Å². The van der Waals surface area contributed by atoms with Crippen LogP contribution in [0.2, 0.25) is 5.02 Å². The highest BCUT2D eigenvalue weighted by atomic mass is 35.5. The van der Waals surface area contributed by atoms with Crippen molar-refractivity contribution >= 4 is 29.3 Å². The molecule has 1 heterocycles. The molecule has 0 amide bonds. The number of nitrogens with zero attached hydrogens (tertiary/aromatic N) is 2. The Hall–Kier alpha value is -2.24. The second-order valence-electron chi connectivity index (χ2n) is 5.50. The fourth-order valence-electron chi connectivity index (χ4n) is 2.45. The van der Waals surface area contributed by atoms with Gasteiger partial charge in [0.25, 0.3) is 5.91 Å². The van der Waals surface area contributed by atoms with Crippen LogP contribution in [0.4, 0.5) is 0 Å². The third-order valence-corrected chi connectivity index (χ3v) is 5.34. The highest BCUT2D eigenvalue weighted by molar-refractivity contribution is 7.99. The van der Waals surface area contributed by atoms with Crippen molar-refractivity contribution in [3.05, 3.63) is 70.5 Å². The highest BCUT2D eigenvalue weighted by Gasteiger charge is 2.18. The monoisotopic (exact) mass is 372 g/mol. The summed E-state index contributed by atoms with van der Waals surface area (Å²) >= 11 is 7.51. The maximum absolute atomic E-state index is 12.8. The Kier molecular flexibility index (Phi) is 5.16. The highest BCUT2D eigenvalue weighted by Crippen LogP contribution is 2.33. The Morgan fingerprint density at radius 3 is 2.32 bits per heavy atom. The van der Waals surface area contributed by atoms with Gasteiger partial charge in [0.05, 0.1) is 23.4 Å². The molecule has 0 atom stereocenters. The third kappa shape index (κ3) is 3.72. The van der Waals surface area contributed by atoms with Crippen molar-refractivity contribution in [3.8, 4) is 5.75 Å². The number of benzene rings is 2. The molecule has 0 spiro atoms. The minimum Gasteiger partial charge on any atom is -0.497 e. The molecule has 3 aromatic rings. The van der Waals surface area contributed by atoms with Gasteiger partial charge in [0, 0.05) is 15.5 Å². The van der Waals surface area contributed by atoms with E-state index in [1.54, 1.807) is 43.1 Å². The van der Waals surface area contributed by atoms with Crippen LogP contribution in [0.1, 0.15) is 21.7 Å². The number of rotatable bonds is 4. The van der Waals surface area contributed by atoms with Gasteiger partial charge >= 0.3 is 0 Å². The molecule has 1 aromatic heterocycles. The normalized spacial score (nSPS) is 10.7. The van der Waals surface area contributed by atoms with Gasteiger partial charge in [-0.3, -0.25) is 4.79 Å². The van der Waals surface area contributed by atoms with Crippen LogP contribution in [0.15, 0.2) is 58.3 Å². The summed E-state index contributed by atoms with van der Waals surface area (Å²) < 4.78 is 6.58. The second kappa shape index (κ2) is 7.33. The molecule has 4 nitrogen and oxygen atoms in total. The second-order valence-corrected chi connectivity index (χ2v) is 7.02. The number of carbonyl (C=O) groups is 1. The van der Waals surface area contributed by atoms with Crippen molar-refractivity contribution in [1.82, 2.24) is 9.78 Å². The zero-order valence-corrected chi connectivity index (χ0v) is 15.7. The van der Waals surface area contributed by atoms with Crippen molar-refractivity contribution in [3.63, 3.8) is 0 Å². The van der Waals surface area contributed by atoms with Crippen LogP contribution in [0.25, 0.3) is 0 Å². The Labute approximate surface area is 155 Å². The summed E-state index contributed by atoms with van der Waals surface area (Å²) in [7, 11) is 1.60. The lowest BCUT2D eigenvalue weighted by atomic mass is 10.2. The minimum atomic E-state index is -0.161. The quantitative estimate of drug-likeness (QED) is 0.646. The Morgan fingerprint density at radius 2 is 1.72 bits per heavy atom. The average Bonchev–Trinajstić information content (AvgIpc) is 2.91. The van der Waals surface area contributed by atoms with E-state index in [4.69, 9.17) is 16.3 Å². The summed E-state index contributed by atoms with van der Waals surface area (Å²) in [6.07, 6.45) is 0. The molecule has 0 saturated carbocycles. The van der Waals surface area contributed by atoms with Gasteiger partial charge in [-0.2, -0.15) is 9.78 Å². The van der Waals surface area contributed by atoms with E-state index in [0.717, 1.165) is 21.2 Å². The van der Waals surface area contributed by atoms with Gasteiger partial charge in [-0.05, 0) is 62.4 Å². The number of methoxy groups -OCH3 is 1. The van der Waals surface area contributed by atoms with Crippen LogP contribution in [0.3, 0.4) is 0 Å². The first-order valence-electron chi connectivity index (χ1n) is 7.68. The van der Waals surface area contributed by atoms with Crippen LogP contribution in [0.5, 0.6) is 5.75 Å². The average molecular weight is 373 g/mol. The maximum Gasteiger partial charge on any atom is 0.278 e. The summed E-state index contributed by atoms with van der Waals surface area (Å²) in [5.74, 6) is 0.551. The number of hydrogen-bond acceptors (Lipinski definition) is 4. The molecule has 0 aliphatic carbocycles. The van der Waals surface area contributed by atoms with E-state index in [9.17, 15) is 4.79 Å². The standard InChI is InChI=1S/C19H17ClN2O2S/c1-12-18(25-17-10-6-15(20)7-11-17)13(2)22(21-12)19(23)14-4-8-16(24-3)9-5-14/h4-11H,1-3H3. The zero-order valence-electron chi connectivity index (χ0n) is 14.1. The van der Waals surface area contributed by atoms with Crippen LogP contribution in [0, 0.1) is 13.8 Å². The Morgan fingerprint density at radius 1 is 1.08 bits per heavy atom. The van der Waals surface area contributed by atoms with E-state index in [0.29, 0.717) is 16.3 Å². The maximum atomic E-state index is 12.8. The molecule has 0 saturated heterocycles. The summed E-state index contributed by atoms with van der Waals surface area (Å²) in [5, 5.41) is 5.13. The molecule has 0 fully saturated rings. The summed E-state index contributed by atoms with van der Waals surface area (Å²) in [5.41, 5.74) is 2.20. The Balaban J connectivity index is 1.90. The lowest BCUT2D eigenvalue weighted by molar-refractivity contribution is 0.0942. The summed E-state index contributed by atoms with van der Waals surface area (Å²) in [4.78, 5) is 14.8. The Bertz CT molecular complexity index is 902. The van der Waals surface area contributed by atoms with E-state index in [1.165, 1.54) is 4.68 Å². The molecular weight excluding hydrogens is 356 g/mol. The van der Waals surface area contributed by atoms with Gasteiger partial charge in [0.15, 0.2) is 0 Å². The molecule has 0 N–H and O–H groups in total. The van der Waals surface area contributed by atoms with Crippen molar-refractivity contribution in [2.24, 2.45) is 0 Å². The summed E-state index contributed by atoms with van der Waals surface area (Å²) in [6.45, 7) is 3.81. The van der Waals surface area contributed by atoms with E-state index in [1.807, 2.05) is 38.1 Å². The predicted octanol–water partition coefficient (Wildman–Crippen LogP) is 5.00. The fraction of sp³-hybridized carbons (Fsp3) is 0.158. The lowest BCUT2D eigenvalue weighted by Crippen LogP contribution is -2.15. The largest absolute Gasteiger partial charge is 0.497 e. The molecule has 3 rings (SSSR count). The van der Waals surface area contributed by atoms with Crippen molar-refractivity contribution in [1.29, 1.82) is 0 Å². The van der Waals surface area contributed by atoms with E-state index < -0.39 is 0 Å². The van der Waals surface area contributed by atoms with Gasteiger partial charge in [-0.1, -0.05) is 23.4 Å². The first-order valence-corrected chi connectivity index (χ1v) is 8.87. The molecule has 0 unspecified atom stereocenters. The minimum absolute atomic E-state index is 0.161. The van der Waals surface area contributed by atoms with Crippen LogP contribution >= 0.6 is 23.4 Å². The van der Waals surface area contributed by atoms with Gasteiger partial charge < -0.3 is 4.74 Å². The van der Waals surface area contributed by atoms with Crippen LogP contribution in [-0.2, 0) is 0 Å².